The number of nitrogens with one attached hydrogen (secondary N) is 1. The maximum atomic E-state index is 5.20. The lowest BCUT2D eigenvalue weighted by atomic mass is 9.98. The molecular formula is C17H30N2O. The lowest BCUT2D eigenvalue weighted by Gasteiger charge is -2.28. The second-order valence-corrected chi connectivity index (χ2v) is 5.36. The van der Waals surface area contributed by atoms with Crippen molar-refractivity contribution in [2.24, 2.45) is 0 Å². The van der Waals surface area contributed by atoms with Crippen LogP contribution >= 0.6 is 0 Å². The van der Waals surface area contributed by atoms with Gasteiger partial charge in [0.2, 0.25) is 0 Å². The Hall–Kier alpha value is -0.900. The molecule has 0 aromatic heterocycles. The standard InChI is InChI=1S/C17H30N2O/c1-6-18-17(13-19(7-2)10-11-20-5)16-9-8-14(3)12-15(16)4/h8-9,12,17-18H,6-7,10-11,13H2,1-5H3. The van der Waals surface area contributed by atoms with Crippen LogP contribution in [-0.2, 0) is 4.74 Å². The first-order chi connectivity index (χ1) is 9.62. The average molecular weight is 278 g/mol. The van der Waals surface area contributed by atoms with Crippen molar-refractivity contribution in [1.82, 2.24) is 10.2 Å². The van der Waals surface area contributed by atoms with Crippen LogP contribution in [0.1, 0.15) is 36.6 Å². The van der Waals surface area contributed by atoms with Crippen molar-refractivity contribution in [1.29, 1.82) is 0 Å². The van der Waals surface area contributed by atoms with Crippen molar-refractivity contribution in [2.75, 3.05) is 39.9 Å². The molecule has 3 heteroatoms. The molecule has 1 atom stereocenters. The van der Waals surface area contributed by atoms with E-state index in [1.54, 1.807) is 7.11 Å². The Kier molecular flexibility index (Phi) is 7.82. The molecular weight excluding hydrogens is 248 g/mol. The Labute approximate surface area is 124 Å². The Bertz CT molecular complexity index is 393. The van der Waals surface area contributed by atoms with Gasteiger partial charge in [-0.1, -0.05) is 37.6 Å². The van der Waals surface area contributed by atoms with Crippen LogP contribution in [-0.4, -0.2) is 44.8 Å². The summed E-state index contributed by atoms with van der Waals surface area (Å²) in [6.07, 6.45) is 0. The largest absolute Gasteiger partial charge is 0.383 e. The Balaban J connectivity index is 2.81. The highest BCUT2D eigenvalue weighted by atomic mass is 16.5. The van der Waals surface area contributed by atoms with E-state index in [1.165, 1.54) is 16.7 Å². The summed E-state index contributed by atoms with van der Waals surface area (Å²) in [4.78, 5) is 2.44. The minimum atomic E-state index is 0.386. The summed E-state index contributed by atoms with van der Waals surface area (Å²) < 4.78 is 5.20. The van der Waals surface area contributed by atoms with Crippen LogP contribution < -0.4 is 5.32 Å². The lowest BCUT2D eigenvalue weighted by molar-refractivity contribution is 0.144. The molecule has 1 rings (SSSR count). The third kappa shape index (κ3) is 5.23. The lowest BCUT2D eigenvalue weighted by Crippen LogP contribution is -2.37. The number of hydrogen-bond acceptors (Lipinski definition) is 3. The second kappa shape index (κ2) is 9.11. The van der Waals surface area contributed by atoms with Gasteiger partial charge in [-0.05, 0) is 38.1 Å². The Morgan fingerprint density at radius 3 is 2.55 bits per heavy atom. The summed E-state index contributed by atoms with van der Waals surface area (Å²) in [6.45, 7) is 13.6. The van der Waals surface area contributed by atoms with Crippen molar-refractivity contribution >= 4 is 0 Å². The van der Waals surface area contributed by atoms with Gasteiger partial charge in [0.15, 0.2) is 0 Å². The number of benzene rings is 1. The molecule has 20 heavy (non-hydrogen) atoms. The molecule has 0 radical (unpaired) electrons. The fourth-order valence-corrected chi connectivity index (χ4v) is 2.59. The van der Waals surface area contributed by atoms with Crippen LogP contribution in [0.4, 0.5) is 0 Å². The molecule has 0 aliphatic rings. The minimum absolute atomic E-state index is 0.386. The molecule has 1 aromatic rings. The number of ether oxygens (including phenoxy) is 1. The first kappa shape index (κ1) is 17.2. The second-order valence-electron chi connectivity index (χ2n) is 5.36. The van der Waals surface area contributed by atoms with Gasteiger partial charge < -0.3 is 10.1 Å². The highest BCUT2D eigenvalue weighted by molar-refractivity contribution is 5.33. The third-order valence-corrected chi connectivity index (χ3v) is 3.75. The zero-order chi connectivity index (χ0) is 15.0. The van der Waals surface area contributed by atoms with Gasteiger partial charge >= 0.3 is 0 Å². The maximum Gasteiger partial charge on any atom is 0.0589 e. The van der Waals surface area contributed by atoms with Crippen LogP contribution in [0, 0.1) is 13.8 Å². The minimum Gasteiger partial charge on any atom is -0.383 e. The first-order valence-electron chi connectivity index (χ1n) is 7.64. The van der Waals surface area contributed by atoms with Crippen molar-refractivity contribution in [2.45, 2.75) is 33.7 Å². The molecule has 0 saturated heterocycles. The van der Waals surface area contributed by atoms with Gasteiger partial charge in [0, 0.05) is 26.2 Å². The first-order valence-corrected chi connectivity index (χ1v) is 7.64. The van der Waals surface area contributed by atoms with E-state index in [-0.39, 0.29) is 0 Å². The molecule has 0 fully saturated rings. The van der Waals surface area contributed by atoms with E-state index < -0.39 is 0 Å². The molecule has 0 heterocycles. The van der Waals surface area contributed by atoms with E-state index in [4.69, 9.17) is 4.74 Å². The number of likely N-dealkylation sites (N-methyl/N-ethyl adjacent to an activating group) is 2. The van der Waals surface area contributed by atoms with Gasteiger partial charge in [-0.2, -0.15) is 0 Å². The normalized spacial score (nSPS) is 12.9. The Morgan fingerprint density at radius 1 is 1.25 bits per heavy atom. The van der Waals surface area contributed by atoms with E-state index in [9.17, 15) is 0 Å². The van der Waals surface area contributed by atoms with E-state index >= 15 is 0 Å². The highest BCUT2D eigenvalue weighted by Gasteiger charge is 2.16. The topological polar surface area (TPSA) is 24.5 Å². The molecule has 1 unspecified atom stereocenters. The van der Waals surface area contributed by atoms with Gasteiger partial charge in [0.25, 0.3) is 0 Å². The van der Waals surface area contributed by atoms with Crippen LogP contribution in [0.5, 0.6) is 0 Å². The number of aryl methyl sites for hydroxylation is 2. The zero-order valence-corrected chi connectivity index (χ0v) is 13.7. The summed E-state index contributed by atoms with van der Waals surface area (Å²) in [7, 11) is 1.76. The quantitative estimate of drug-likeness (QED) is 0.751. The maximum absolute atomic E-state index is 5.20. The van der Waals surface area contributed by atoms with E-state index in [2.05, 4.69) is 56.1 Å². The van der Waals surface area contributed by atoms with Crippen LogP contribution in [0.15, 0.2) is 18.2 Å². The smallest absolute Gasteiger partial charge is 0.0589 e. The molecule has 1 aromatic carbocycles. The SMILES string of the molecule is CCNC(CN(CC)CCOC)c1ccc(C)cc1C. The number of rotatable bonds is 9. The van der Waals surface area contributed by atoms with Crippen LogP contribution in [0.25, 0.3) is 0 Å². The molecule has 0 amide bonds. The fourth-order valence-electron chi connectivity index (χ4n) is 2.59. The van der Waals surface area contributed by atoms with Crippen molar-refractivity contribution in [3.8, 4) is 0 Å². The van der Waals surface area contributed by atoms with Crippen LogP contribution in [0.3, 0.4) is 0 Å². The van der Waals surface area contributed by atoms with Gasteiger partial charge in [-0.3, -0.25) is 4.90 Å². The molecule has 0 aliphatic carbocycles. The Morgan fingerprint density at radius 2 is 2.00 bits per heavy atom. The van der Waals surface area contributed by atoms with Gasteiger partial charge in [-0.15, -0.1) is 0 Å². The molecule has 1 N–H and O–H groups in total. The van der Waals surface area contributed by atoms with Gasteiger partial charge in [-0.25, -0.2) is 0 Å². The van der Waals surface area contributed by atoms with E-state index in [0.717, 1.165) is 32.8 Å². The average Bonchev–Trinajstić information content (AvgIpc) is 2.42. The van der Waals surface area contributed by atoms with Gasteiger partial charge in [0.1, 0.15) is 0 Å². The monoisotopic (exact) mass is 278 g/mol. The summed E-state index contributed by atoms with van der Waals surface area (Å²) in [5.41, 5.74) is 4.11. The van der Waals surface area contributed by atoms with Crippen molar-refractivity contribution in [3.05, 3.63) is 34.9 Å². The molecule has 0 bridgehead atoms. The number of nitrogens with zero attached hydrogens (tertiary/aromatic N) is 1. The molecule has 0 saturated carbocycles. The van der Waals surface area contributed by atoms with E-state index in [1.807, 2.05) is 0 Å². The number of hydrogen-bond donors (Lipinski definition) is 1. The molecule has 3 nitrogen and oxygen atoms in total. The summed E-state index contributed by atoms with van der Waals surface area (Å²) in [5, 5.41) is 3.62. The zero-order valence-electron chi connectivity index (χ0n) is 13.7. The van der Waals surface area contributed by atoms with E-state index in [0.29, 0.717) is 6.04 Å². The van der Waals surface area contributed by atoms with Crippen molar-refractivity contribution in [3.63, 3.8) is 0 Å². The molecule has 0 aliphatic heterocycles. The third-order valence-electron chi connectivity index (χ3n) is 3.75. The fraction of sp³-hybridized carbons (Fsp3) is 0.647. The predicted octanol–water partition coefficient (Wildman–Crippen LogP) is 2.92. The summed E-state index contributed by atoms with van der Waals surface area (Å²) in [6, 6.07) is 7.13. The number of methoxy groups -OCH3 is 1. The summed E-state index contributed by atoms with van der Waals surface area (Å²) >= 11 is 0. The van der Waals surface area contributed by atoms with Crippen LogP contribution in [0.2, 0.25) is 0 Å². The predicted molar refractivity (Wildman–Crippen MR) is 86.3 cm³/mol. The molecule has 114 valence electrons. The van der Waals surface area contributed by atoms with Crippen molar-refractivity contribution < 1.29 is 4.74 Å². The highest BCUT2D eigenvalue weighted by Crippen LogP contribution is 2.20. The van der Waals surface area contributed by atoms with Gasteiger partial charge in [0.05, 0.1) is 6.61 Å². The summed E-state index contributed by atoms with van der Waals surface area (Å²) in [5.74, 6) is 0. The molecule has 0 spiro atoms.